The molecule has 3 heterocycles. The highest BCUT2D eigenvalue weighted by molar-refractivity contribution is 5.70. The predicted octanol–water partition coefficient (Wildman–Crippen LogP) is 9.41. The van der Waals surface area contributed by atoms with E-state index in [2.05, 4.69) is 124 Å². The van der Waals surface area contributed by atoms with E-state index in [1.54, 1.807) is 0 Å². The number of rotatable bonds is 17. The zero-order valence-electron chi connectivity index (χ0n) is 40.1. The Balaban J connectivity index is 0.000000426. The maximum absolute atomic E-state index is 12.4. The Bertz CT molecular complexity index is 1220. The van der Waals surface area contributed by atoms with Crippen molar-refractivity contribution in [1.82, 2.24) is 14.7 Å². The van der Waals surface area contributed by atoms with Crippen molar-refractivity contribution in [2.75, 3.05) is 28.3 Å². The lowest BCUT2D eigenvalue weighted by molar-refractivity contribution is -0.160. The molecule has 0 aliphatic carbocycles. The summed E-state index contributed by atoms with van der Waals surface area (Å²) in [5.41, 5.74) is 0.114. The van der Waals surface area contributed by atoms with Gasteiger partial charge in [0, 0.05) is 97.4 Å². The lowest BCUT2D eigenvalue weighted by atomic mass is 9.78. The average Bonchev–Trinajstić information content (AvgIpc) is 3.07. The van der Waals surface area contributed by atoms with Crippen molar-refractivity contribution in [3.05, 3.63) is 0 Å². The number of esters is 4. The highest BCUT2D eigenvalue weighted by Crippen LogP contribution is 2.40. The van der Waals surface area contributed by atoms with E-state index in [9.17, 15) is 19.2 Å². The number of likely N-dealkylation sites (tertiary alicyclic amines) is 3. The van der Waals surface area contributed by atoms with E-state index in [0.717, 1.165) is 89.9 Å². The average molecular weight is 822 g/mol. The van der Waals surface area contributed by atoms with Gasteiger partial charge in [-0.2, -0.15) is 0 Å². The molecular weight excluding hydrogens is 735 g/mol. The summed E-state index contributed by atoms with van der Waals surface area (Å²) in [6.07, 6.45) is 14.0. The first kappa shape index (κ1) is 51.9. The van der Waals surface area contributed by atoms with Crippen molar-refractivity contribution in [2.45, 2.75) is 250 Å². The van der Waals surface area contributed by atoms with Crippen LogP contribution in [0, 0.1) is 0 Å². The molecule has 0 radical (unpaired) electrons. The van der Waals surface area contributed by atoms with E-state index in [4.69, 9.17) is 14.2 Å². The monoisotopic (exact) mass is 822 g/mol. The van der Waals surface area contributed by atoms with Crippen LogP contribution >= 0.6 is 0 Å². The molecule has 58 heavy (non-hydrogen) atoms. The van der Waals surface area contributed by atoms with Crippen LogP contribution in [0.1, 0.15) is 199 Å². The van der Waals surface area contributed by atoms with E-state index in [1.165, 1.54) is 7.11 Å². The number of nitrogens with zero attached hydrogens (tertiary/aromatic N) is 3. The van der Waals surface area contributed by atoms with Crippen molar-refractivity contribution in [3.8, 4) is 0 Å². The van der Waals surface area contributed by atoms with E-state index in [1.807, 2.05) is 0 Å². The molecule has 0 aromatic heterocycles. The summed E-state index contributed by atoms with van der Waals surface area (Å²) < 4.78 is 22.0. The van der Waals surface area contributed by atoms with Crippen LogP contribution in [0.25, 0.3) is 0 Å². The molecule has 0 unspecified atom stereocenters. The van der Waals surface area contributed by atoms with E-state index >= 15 is 0 Å². The molecule has 0 bridgehead atoms. The summed E-state index contributed by atoms with van der Waals surface area (Å²) in [7, 11) is 7.86. The minimum atomic E-state index is -0.165. The Kier molecular flexibility index (Phi) is 19.3. The zero-order chi connectivity index (χ0) is 44.3. The number of hydrogen-bond acceptors (Lipinski definition) is 11. The third-order valence-electron chi connectivity index (χ3n) is 14.0. The fourth-order valence-corrected chi connectivity index (χ4v) is 9.71. The predicted molar refractivity (Wildman–Crippen MR) is 233 cm³/mol. The fourth-order valence-electron chi connectivity index (χ4n) is 9.71. The van der Waals surface area contributed by atoms with E-state index in [0.29, 0.717) is 25.7 Å². The smallest absolute Gasteiger partial charge is 0.306 e. The molecule has 0 aromatic carbocycles. The van der Waals surface area contributed by atoms with Gasteiger partial charge in [-0.1, -0.05) is 25.7 Å². The summed E-state index contributed by atoms with van der Waals surface area (Å²) in [4.78, 5) is 55.0. The van der Waals surface area contributed by atoms with Crippen LogP contribution in [0.4, 0.5) is 0 Å². The fraction of sp³-hybridized carbons (Fsp3) is 0.915. The molecule has 0 amide bonds. The molecule has 0 atom stereocenters. The summed E-state index contributed by atoms with van der Waals surface area (Å²) in [6.45, 7) is 26.5. The van der Waals surface area contributed by atoms with Crippen LogP contribution in [0.3, 0.4) is 0 Å². The van der Waals surface area contributed by atoms with Gasteiger partial charge in [-0.3, -0.25) is 33.9 Å². The van der Waals surface area contributed by atoms with Crippen molar-refractivity contribution in [3.63, 3.8) is 0 Å². The minimum absolute atomic E-state index is 0.00183. The van der Waals surface area contributed by atoms with Crippen LogP contribution in [0.2, 0.25) is 0 Å². The second kappa shape index (κ2) is 21.5. The van der Waals surface area contributed by atoms with E-state index < -0.39 is 0 Å². The number of hydrogen-bond donors (Lipinski definition) is 0. The quantitative estimate of drug-likeness (QED) is 0.0794. The molecule has 338 valence electrons. The maximum atomic E-state index is 12.4. The normalized spacial score (nSPS) is 23.2. The van der Waals surface area contributed by atoms with Gasteiger partial charge >= 0.3 is 23.9 Å². The van der Waals surface area contributed by atoms with Crippen molar-refractivity contribution in [1.29, 1.82) is 0 Å². The first-order valence-corrected chi connectivity index (χ1v) is 22.4. The minimum Gasteiger partial charge on any atom is -0.469 e. The topological polar surface area (TPSA) is 115 Å². The highest BCUT2D eigenvalue weighted by atomic mass is 16.6. The van der Waals surface area contributed by atoms with E-state index in [-0.39, 0.29) is 75.4 Å². The summed E-state index contributed by atoms with van der Waals surface area (Å²) in [5.74, 6) is -0.438. The van der Waals surface area contributed by atoms with Crippen LogP contribution < -0.4 is 0 Å². The summed E-state index contributed by atoms with van der Waals surface area (Å²) in [6, 6.07) is 0. The largest absolute Gasteiger partial charge is 0.469 e. The molecule has 3 fully saturated rings. The van der Waals surface area contributed by atoms with Crippen LogP contribution in [-0.4, -0.2) is 118 Å². The Hall–Kier alpha value is -2.24. The molecule has 0 N–H and O–H groups in total. The number of piperidine rings is 3. The summed E-state index contributed by atoms with van der Waals surface area (Å²) in [5, 5.41) is 0. The molecule has 11 heteroatoms. The Labute approximate surface area is 354 Å². The molecule has 11 nitrogen and oxygen atoms in total. The van der Waals surface area contributed by atoms with Crippen LogP contribution in [0.15, 0.2) is 0 Å². The molecular formula is C47H87N3O8. The van der Waals surface area contributed by atoms with Gasteiger partial charge in [0.1, 0.15) is 18.3 Å². The SMILES string of the molecule is CN1C(C)(C)CC(OC(=O)CCCCCCC(=O)OC2CC(C)(C)N(C)C(C)(C)C2)CC1(C)C.COC(=O)CCCCCCC(=O)OC1CC(C)(C)N(C)C(C)(C)C1. The lowest BCUT2D eigenvalue weighted by Gasteiger charge is -2.53. The Morgan fingerprint density at radius 3 is 0.759 bits per heavy atom. The standard InChI is InChI=1S/C28H52N2O4.C19H35NO4/c1-25(2)17-21(18-26(3,4)29(25)9)33-23(31)15-13-11-12-14-16-24(32)34-22-19-27(5,6)30(10)28(7,8)20-22;1-18(2)13-15(14-19(3,4)20(18)5)24-17(22)12-10-8-7-9-11-16(21)23-6/h21-22H,11-20H2,1-10H3;15H,7-14H2,1-6H3. The van der Waals surface area contributed by atoms with Gasteiger partial charge in [0.2, 0.25) is 0 Å². The first-order chi connectivity index (χ1) is 26.5. The van der Waals surface area contributed by atoms with Crippen molar-refractivity contribution >= 4 is 23.9 Å². The number of carbonyl (C=O) groups is 4. The lowest BCUT2D eigenvalue weighted by Crippen LogP contribution is -2.60. The van der Waals surface area contributed by atoms with Gasteiger partial charge in [0.15, 0.2) is 0 Å². The third kappa shape index (κ3) is 16.3. The number of carbonyl (C=O) groups excluding carboxylic acids is 4. The van der Waals surface area contributed by atoms with Gasteiger partial charge in [0.25, 0.3) is 0 Å². The zero-order valence-corrected chi connectivity index (χ0v) is 40.1. The van der Waals surface area contributed by atoms with Gasteiger partial charge in [-0.05, 0) is 130 Å². The second-order valence-electron chi connectivity index (χ2n) is 21.5. The van der Waals surface area contributed by atoms with Gasteiger partial charge in [0.05, 0.1) is 7.11 Å². The number of unbranched alkanes of at least 4 members (excludes halogenated alkanes) is 6. The Morgan fingerprint density at radius 1 is 0.379 bits per heavy atom. The van der Waals surface area contributed by atoms with Gasteiger partial charge < -0.3 is 18.9 Å². The molecule has 0 aromatic rings. The molecule has 3 aliphatic rings. The maximum Gasteiger partial charge on any atom is 0.306 e. The van der Waals surface area contributed by atoms with Gasteiger partial charge in [-0.25, -0.2) is 0 Å². The Morgan fingerprint density at radius 2 is 0.569 bits per heavy atom. The van der Waals surface area contributed by atoms with Crippen LogP contribution in [0.5, 0.6) is 0 Å². The second-order valence-corrected chi connectivity index (χ2v) is 21.5. The third-order valence-corrected chi connectivity index (χ3v) is 14.0. The summed E-state index contributed by atoms with van der Waals surface area (Å²) >= 11 is 0. The molecule has 3 saturated heterocycles. The first-order valence-electron chi connectivity index (χ1n) is 22.4. The van der Waals surface area contributed by atoms with Crippen molar-refractivity contribution < 1.29 is 38.1 Å². The van der Waals surface area contributed by atoms with Crippen molar-refractivity contribution in [2.24, 2.45) is 0 Å². The van der Waals surface area contributed by atoms with Crippen LogP contribution in [-0.2, 0) is 38.1 Å². The number of methoxy groups -OCH3 is 1. The molecule has 0 spiro atoms. The van der Waals surface area contributed by atoms with Gasteiger partial charge in [-0.15, -0.1) is 0 Å². The molecule has 3 rings (SSSR count). The highest BCUT2D eigenvalue weighted by Gasteiger charge is 2.46. The number of ether oxygens (including phenoxy) is 4. The molecule has 0 saturated carbocycles. The molecule has 3 aliphatic heterocycles.